The summed E-state index contributed by atoms with van der Waals surface area (Å²) in [6.45, 7) is 5.93. The zero-order chi connectivity index (χ0) is 14.9. The average molecular weight is 338 g/mol. The molecule has 0 bridgehead atoms. The number of anilines is 1. The molecule has 0 aliphatic heterocycles. The highest BCUT2D eigenvalue weighted by Crippen LogP contribution is 2.31. The Hall–Kier alpha value is -1.49. The molecule has 1 heterocycles. The summed E-state index contributed by atoms with van der Waals surface area (Å²) in [6, 6.07) is 4.86. The molecule has 2 rings (SSSR count). The molecule has 0 unspecified atom stereocenters. The Bertz CT molecular complexity index is 641. The predicted octanol–water partition coefficient (Wildman–Crippen LogP) is 4.52. The highest BCUT2D eigenvalue weighted by Gasteiger charge is 2.16. The molecule has 2 aromatic rings. The van der Waals surface area contributed by atoms with Crippen molar-refractivity contribution in [2.45, 2.75) is 26.7 Å². The van der Waals surface area contributed by atoms with Gasteiger partial charge in [-0.05, 0) is 25.1 Å². The summed E-state index contributed by atoms with van der Waals surface area (Å²) in [5.41, 5.74) is 1.96. The zero-order valence-electron chi connectivity index (χ0n) is 12.0. The van der Waals surface area contributed by atoms with Crippen molar-refractivity contribution < 1.29 is 4.39 Å². The SMILES string of the molecule is CNc1nc(C(C)C)nc(-c2cc(Br)ccc2F)c1C. The van der Waals surface area contributed by atoms with E-state index < -0.39 is 0 Å². The van der Waals surface area contributed by atoms with Gasteiger partial charge in [0.2, 0.25) is 0 Å². The van der Waals surface area contributed by atoms with Gasteiger partial charge in [-0.3, -0.25) is 0 Å². The molecule has 0 spiro atoms. The molecule has 0 saturated carbocycles. The van der Waals surface area contributed by atoms with Crippen LogP contribution < -0.4 is 5.32 Å². The van der Waals surface area contributed by atoms with Gasteiger partial charge < -0.3 is 5.32 Å². The normalized spacial score (nSPS) is 10.9. The number of rotatable bonds is 3. The Kier molecular flexibility index (Phi) is 4.38. The third-order valence-electron chi connectivity index (χ3n) is 3.10. The van der Waals surface area contributed by atoms with E-state index in [1.807, 2.05) is 20.8 Å². The number of benzene rings is 1. The van der Waals surface area contributed by atoms with E-state index in [1.165, 1.54) is 6.07 Å². The Labute approximate surface area is 126 Å². The quantitative estimate of drug-likeness (QED) is 0.894. The van der Waals surface area contributed by atoms with Gasteiger partial charge in [-0.1, -0.05) is 29.8 Å². The van der Waals surface area contributed by atoms with Crippen LogP contribution in [-0.4, -0.2) is 17.0 Å². The van der Waals surface area contributed by atoms with Gasteiger partial charge in [-0.2, -0.15) is 0 Å². The summed E-state index contributed by atoms with van der Waals surface area (Å²) >= 11 is 3.38. The van der Waals surface area contributed by atoms with E-state index in [0.29, 0.717) is 17.1 Å². The van der Waals surface area contributed by atoms with E-state index in [0.717, 1.165) is 15.9 Å². The smallest absolute Gasteiger partial charge is 0.133 e. The Morgan fingerprint density at radius 3 is 2.55 bits per heavy atom. The maximum atomic E-state index is 14.1. The Balaban J connectivity index is 2.72. The molecular formula is C15H17BrFN3. The van der Waals surface area contributed by atoms with Gasteiger partial charge in [0, 0.05) is 28.6 Å². The van der Waals surface area contributed by atoms with Crippen molar-refractivity contribution in [3.63, 3.8) is 0 Å². The van der Waals surface area contributed by atoms with Crippen molar-refractivity contribution in [1.29, 1.82) is 0 Å². The second-order valence-corrected chi connectivity index (χ2v) is 5.85. The van der Waals surface area contributed by atoms with Crippen LogP contribution in [0.25, 0.3) is 11.3 Å². The fourth-order valence-electron chi connectivity index (χ4n) is 1.98. The van der Waals surface area contributed by atoms with Crippen LogP contribution in [0.1, 0.15) is 31.2 Å². The van der Waals surface area contributed by atoms with Crippen LogP contribution >= 0.6 is 15.9 Å². The van der Waals surface area contributed by atoms with Gasteiger partial charge in [-0.25, -0.2) is 14.4 Å². The molecule has 1 N–H and O–H groups in total. The van der Waals surface area contributed by atoms with Gasteiger partial charge in [0.05, 0.1) is 5.69 Å². The summed E-state index contributed by atoms with van der Waals surface area (Å²) < 4.78 is 14.9. The molecule has 0 amide bonds. The highest BCUT2D eigenvalue weighted by atomic mass is 79.9. The van der Waals surface area contributed by atoms with Gasteiger partial charge in [-0.15, -0.1) is 0 Å². The van der Waals surface area contributed by atoms with E-state index in [-0.39, 0.29) is 11.7 Å². The van der Waals surface area contributed by atoms with E-state index in [1.54, 1.807) is 19.2 Å². The standard InChI is InChI=1S/C15H17BrFN3/c1-8(2)14-19-13(9(3)15(18-4)20-14)11-7-10(16)5-6-12(11)17/h5-8H,1-4H3,(H,18,19,20). The molecule has 3 nitrogen and oxygen atoms in total. The fraction of sp³-hybridized carbons (Fsp3) is 0.333. The lowest BCUT2D eigenvalue weighted by Crippen LogP contribution is -2.07. The first-order valence-corrected chi connectivity index (χ1v) is 7.25. The van der Waals surface area contributed by atoms with Crippen LogP contribution in [0.4, 0.5) is 10.2 Å². The van der Waals surface area contributed by atoms with E-state index in [9.17, 15) is 4.39 Å². The van der Waals surface area contributed by atoms with Crippen LogP contribution in [0.5, 0.6) is 0 Å². The highest BCUT2D eigenvalue weighted by molar-refractivity contribution is 9.10. The van der Waals surface area contributed by atoms with Crippen molar-refractivity contribution in [2.24, 2.45) is 0 Å². The molecule has 1 aromatic carbocycles. The van der Waals surface area contributed by atoms with Crippen LogP contribution in [0.2, 0.25) is 0 Å². The minimum Gasteiger partial charge on any atom is -0.373 e. The van der Waals surface area contributed by atoms with Crippen molar-refractivity contribution in [3.8, 4) is 11.3 Å². The van der Waals surface area contributed by atoms with Crippen LogP contribution in [0, 0.1) is 12.7 Å². The van der Waals surface area contributed by atoms with Crippen LogP contribution in [0.3, 0.4) is 0 Å². The molecule has 0 saturated heterocycles. The molecular weight excluding hydrogens is 321 g/mol. The van der Waals surface area contributed by atoms with Crippen LogP contribution in [0.15, 0.2) is 22.7 Å². The molecule has 20 heavy (non-hydrogen) atoms. The molecule has 5 heteroatoms. The van der Waals surface area contributed by atoms with E-state index >= 15 is 0 Å². The zero-order valence-corrected chi connectivity index (χ0v) is 13.5. The fourth-order valence-corrected chi connectivity index (χ4v) is 2.34. The number of nitrogens with zero attached hydrogens (tertiary/aromatic N) is 2. The number of nitrogens with one attached hydrogen (secondary N) is 1. The number of hydrogen-bond donors (Lipinski definition) is 1. The van der Waals surface area contributed by atoms with Gasteiger partial charge in [0.25, 0.3) is 0 Å². The average Bonchev–Trinajstić information content (AvgIpc) is 2.41. The first-order chi connectivity index (χ1) is 9.43. The third-order valence-corrected chi connectivity index (χ3v) is 3.59. The summed E-state index contributed by atoms with van der Waals surface area (Å²) in [6.07, 6.45) is 0. The lowest BCUT2D eigenvalue weighted by Gasteiger charge is -2.14. The second kappa shape index (κ2) is 5.87. The minimum atomic E-state index is -0.285. The summed E-state index contributed by atoms with van der Waals surface area (Å²) in [5, 5.41) is 3.05. The first-order valence-electron chi connectivity index (χ1n) is 6.45. The van der Waals surface area contributed by atoms with Crippen molar-refractivity contribution in [1.82, 2.24) is 9.97 Å². The van der Waals surface area contributed by atoms with Crippen molar-refractivity contribution >= 4 is 21.7 Å². The molecule has 106 valence electrons. The van der Waals surface area contributed by atoms with Crippen molar-refractivity contribution in [2.75, 3.05) is 12.4 Å². The number of hydrogen-bond acceptors (Lipinski definition) is 3. The topological polar surface area (TPSA) is 37.8 Å². The van der Waals surface area contributed by atoms with E-state index in [4.69, 9.17) is 0 Å². The van der Waals surface area contributed by atoms with Crippen molar-refractivity contribution in [3.05, 3.63) is 39.9 Å². The predicted molar refractivity (Wildman–Crippen MR) is 83.5 cm³/mol. The molecule has 0 radical (unpaired) electrons. The third kappa shape index (κ3) is 2.82. The number of aromatic nitrogens is 2. The Morgan fingerprint density at radius 2 is 1.95 bits per heavy atom. The first kappa shape index (κ1) is 14.9. The molecule has 0 atom stereocenters. The monoisotopic (exact) mass is 337 g/mol. The van der Waals surface area contributed by atoms with Gasteiger partial charge in [0.1, 0.15) is 17.5 Å². The largest absolute Gasteiger partial charge is 0.373 e. The molecule has 0 aliphatic carbocycles. The lowest BCUT2D eigenvalue weighted by atomic mass is 10.1. The second-order valence-electron chi connectivity index (χ2n) is 4.93. The van der Waals surface area contributed by atoms with Crippen LogP contribution in [-0.2, 0) is 0 Å². The van der Waals surface area contributed by atoms with Gasteiger partial charge in [0.15, 0.2) is 0 Å². The maximum absolute atomic E-state index is 14.1. The van der Waals surface area contributed by atoms with Gasteiger partial charge >= 0.3 is 0 Å². The Morgan fingerprint density at radius 1 is 1.25 bits per heavy atom. The lowest BCUT2D eigenvalue weighted by molar-refractivity contribution is 0.629. The number of halogens is 2. The summed E-state index contributed by atoms with van der Waals surface area (Å²) in [7, 11) is 1.81. The molecule has 0 aliphatic rings. The van der Waals surface area contributed by atoms with E-state index in [2.05, 4.69) is 31.2 Å². The molecule has 1 aromatic heterocycles. The minimum absolute atomic E-state index is 0.177. The summed E-state index contributed by atoms with van der Waals surface area (Å²) in [5.74, 6) is 1.33. The summed E-state index contributed by atoms with van der Waals surface area (Å²) in [4.78, 5) is 9.01. The maximum Gasteiger partial charge on any atom is 0.133 e. The molecule has 0 fully saturated rings.